The van der Waals surface area contributed by atoms with Crippen LogP contribution in [0.25, 0.3) is 10.9 Å². The van der Waals surface area contributed by atoms with Crippen molar-refractivity contribution in [3.8, 4) is 0 Å². The molecule has 4 nitrogen and oxygen atoms in total. The number of hydrogen-bond acceptors (Lipinski definition) is 3. The third-order valence-electron chi connectivity index (χ3n) is 1.72. The van der Waals surface area contributed by atoms with Gasteiger partial charge in [0.2, 0.25) is 0 Å². The topological polar surface area (TPSA) is 63.1 Å². The Balaban J connectivity index is 3.16. The molecule has 72 valence electrons. The molecule has 6 heteroatoms. The summed E-state index contributed by atoms with van der Waals surface area (Å²) in [6, 6.07) is 2.95. The molecule has 0 unspecified atom stereocenters. The van der Waals surface area contributed by atoms with Gasteiger partial charge in [0.05, 0.1) is 15.6 Å². The lowest BCUT2D eigenvalue weighted by Crippen LogP contribution is -2.14. The Labute approximate surface area is 87.1 Å². The van der Waals surface area contributed by atoms with Crippen molar-refractivity contribution in [2.45, 2.75) is 0 Å². The van der Waals surface area contributed by atoms with Crippen molar-refractivity contribution in [2.75, 3.05) is 0 Å². The maximum Gasteiger partial charge on any atom is 0.419 e. The van der Waals surface area contributed by atoms with Crippen LogP contribution in [0.2, 0.25) is 10.0 Å². The molecule has 1 aromatic carbocycles. The molecule has 1 aromatic heterocycles. The molecule has 0 radical (unpaired) electrons. The van der Waals surface area contributed by atoms with Crippen LogP contribution in [0.5, 0.6) is 0 Å². The smallest absolute Gasteiger partial charge is 0.372 e. The van der Waals surface area contributed by atoms with E-state index in [9.17, 15) is 9.59 Å². The summed E-state index contributed by atoms with van der Waals surface area (Å²) in [5.41, 5.74) is -0.600. The lowest BCUT2D eigenvalue weighted by Gasteiger charge is -1.99. The van der Waals surface area contributed by atoms with Crippen LogP contribution in [-0.2, 0) is 0 Å². The minimum Gasteiger partial charge on any atom is -0.372 e. The molecule has 0 bridgehead atoms. The van der Waals surface area contributed by atoms with E-state index in [-0.39, 0.29) is 20.9 Å². The molecule has 1 heterocycles. The summed E-state index contributed by atoms with van der Waals surface area (Å²) in [6.45, 7) is 0. The molecule has 0 spiro atoms. The van der Waals surface area contributed by atoms with Gasteiger partial charge < -0.3 is 4.42 Å². The second-order valence-corrected chi connectivity index (χ2v) is 3.40. The molecule has 0 amide bonds. The third-order valence-corrected chi connectivity index (χ3v) is 2.35. The SMILES string of the molecule is O=c1[nH]c2c(Cl)ccc(Cl)c2c(=O)o1. The van der Waals surface area contributed by atoms with Gasteiger partial charge in [-0.05, 0) is 12.1 Å². The molecule has 1 N–H and O–H groups in total. The lowest BCUT2D eigenvalue weighted by atomic mass is 10.2. The minimum atomic E-state index is -0.855. The van der Waals surface area contributed by atoms with Gasteiger partial charge in [0.25, 0.3) is 0 Å². The minimum absolute atomic E-state index is 0.0822. The normalized spacial score (nSPS) is 10.7. The number of nitrogens with one attached hydrogen (secondary N) is 1. The number of rotatable bonds is 0. The Morgan fingerprint density at radius 2 is 1.79 bits per heavy atom. The first kappa shape index (κ1) is 9.30. The van der Waals surface area contributed by atoms with E-state index in [0.29, 0.717) is 0 Å². The van der Waals surface area contributed by atoms with Gasteiger partial charge in [-0.1, -0.05) is 23.2 Å². The molecule has 0 aliphatic rings. The van der Waals surface area contributed by atoms with Crippen molar-refractivity contribution in [3.05, 3.63) is 43.1 Å². The van der Waals surface area contributed by atoms with E-state index in [1.54, 1.807) is 0 Å². The third kappa shape index (κ3) is 1.32. The lowest BCUT2D eigenvalue weighted by molar-refractivity contribution is 0.460. The van der Waals surface area contributed by atoms with E-state index < -0.39 is 11.4 Å². The Morgan fingerprint density at radius 1 is 1.14 bits per heavy atom. The van der Waals surface area contributed by atoms with Gasteiger partial charge in [-0.2, -0.15) is 0 Å². The van der Waals surface area contributed by atoms with Crippen molar-refractivity contribution < 1.29 is 4.42 Å². The summed E-state index contributed by atoms with van der Waals surface area (Å²) in [6.07, 6.45) is 0. The fourth-order valence-electron chi connectivity index (χ4n) is 1.14. The molecular formula is C8H3Cl2NO3. The molecule has 2 aromatic rings. The Kier molecular flexibility index (Phi) is 2.09. The van der Waals surface area contributed by atoms with E-state index in [4.69, 9.17) is 23.2 Å². The summed E-state index contributed by atoms with van der Waals surface area (Å²) in [4.78, 5) is 24.4. The second-order valence-electron chi connectivity index (χ2n) is 2.58. The highest BCUT2D eigenvalue weighted by atomic mass is 35.5. The van der Waals surface area contributed by atoms with Gasteiger partial charge in [0, 0.05) is 0 Å². The largest absolute Gasteiger partial charge is 0.419 e. The standard InChI is InChI=1S/C8H3Cl2NO3/c9-3-1-2-4(10)6-5(3)7(12)14-8(13)11-6/h1-2H,(H,11,13). The number of aromatic amines is 1. The van der Waals surface area contributed by atoms with E-state index in [0.717, 1.165) is 0 Å². The van der Waals surface area contributed by atoms with Gasteiger partial charge >= 0.3 is 11.4 Å². The molecule has 0 saturated carbocycles. The molecule has 0 saturated heterocycles. The summed E-state index contributed by atoms with van der Waals surface area (Å²) in [7, 11) is 0. The molecule has 0 aliphatic heterocycles. The van der Waals surface area contributed by atoms with Crippen LogP contribution in [0.4, 0.5) is 0 Å². The van der Waals surface area contributed by atoms with Crippen molar-refractivity contribution in [1.82, 2.24) is 4.98 Å². The molecule has 2 rings (SSSR count). The van der Waals surface area contributed by atoms with Crippen molar-refractivity contribution >= 4 is 34.1 Å². The average Bonchev–Trinajstić information content (AvgIpc) is 2.10. The summed E-state index contributed by atoms with van der Waals surface area (Å²) in [5.74, 6) is -0.855. The second kappa shape index (κ2) is 3.15. The highest BCUT2D eigenvalue weighted by Crippen LogP contribution is 2.24. The zero-order chi connectivity index (χ0) is 10.3. The number of hydrogen-bond donors (Lipinski definition) is 1. The molecule has 0 fully saturated rings. The van der Waals surface area contributed by atoms with Crippen molar-refractivity contribution in [3.63, 3.8) is 0 Å². The van der Waals surface area contributed by atoms with E-state index in [1.165, 1.54) is 12.1 Å². The number of benzene rings is 1. The average molecular weight is 232 g/mol. The van der Waals surface area contributed by atoms with Gasteiger partial charge in [0.1, 0.15) is 5.39 Å². The van der Waals surface area contributed by atoms with Gasteiger partial charge in [0.15, 0.2) is 0 Å². The maximum absolute atomic E-state index is 11.2. The highest BCUT2D eigenvalue weighted by molar-refractivity contribution is 6.39. The predicted octanol–water partition coefficient (Wildman–Crippen LogP) is 1.79. The number of fused-ring (bicyclic) bond motifs is 1. The highest BCUT2D eigenvalue weighted by Gasteiger charge is 2.09. The van der Waals surface area contributed by atoms with Crippen LogP contribution >= 0.6 is 23.2 Å². The van der Waals surface area contributed by atoms with E-state index in [2.05, 4.69) is 9.40 Å². The zero-order valence-electron chi connectivity index (χ0n) is 6.64. The monoisotopic (exact) mass is 231 g/mol. The number of aromatic nitrogens is 1. The van der Waals surface area contributed by atoms with Gasteiger partial charge in [-0.25, -0.2) is 9.59 Å². The van der Waals surface area contributed by atoms with E-state index >= 15 is 0 Å². The van der Waals surface area contributed by atoms with Crippen LogP contribution in [0.1, 0.15) is 0 Å². The summed E-state index contributed by atoms with van der Waals surface area (Å²) < 4.78 is 4.32. The van der Waals surface area contributed by atoms with Crippen LogP contribution in [-0.4, -0.2) is 4.98 Å². The molecule has 14 heavy (non-hydrogen) atoms. The first-order chi connectivity index (χ1) is 6.59. The molecule has 0 atom stereocenters. The Hall–Kier alpha value is -1.26. The molecular weight excluding hydrogens is 229 g/mol. The summed E-state index contributed by atoms with van der Waals surface area (Å²) >= 11 is 11.5. The van der Waals surface area contributed by atoms with Crippen LogP contribution in [0.3, 0.4) is 0 Å². The maximum atomic E-state index is 11.2. The Bertz CT molecular complexity index is 614. The zero-order valence-corrected chi connectivity index (χ0v) is 8.15. The van der Waals surface area contributed by atoms with E-state index in [1.807, 2.05) is 0 Å². The van der Waals surface area contributed by atoms with Crippen LogP contribution in [0.15, 0.2) is 26.1 Å². The fraction of sp³-hybridized carbons (Fsp3) is 0. The number of H-pyrrole nitrogens is 1. The van der Waals surface area contributed by atoms with Crippen LogP contribution < -0.4 is 11.4 Å². The first-order valence-corrected chi connectivity index (χ1v) is 4.36. The van der Waals surface area contributed by atoms with Crippen molar-refractivity contribution in [2.24, 2.45) is 0 Å². The first-order valence-electron chi connectivity index (χ1n) is 3.61. The van der Waals surface area contributed by atoms with Crippen LogP contribution in [0, 0.1) is 0 Å². The Morgan fingerprint density at radius 3 is 2.50 bits per heavy atom. The molecule has 0 aliphatic carbocycles. The number of halogens is 2. The predicted molar refractivity (Wildman–Crippen MR) is 53.1 cm³/mol. The van der Waals surface area contributed by atoms with Crippen molar-refractivity contribution in [1.29, 1.82) is 0 Å². The quantitative estimate of drug-likeness (QED) is 0.752. The fourth-order valence-corrected chi connectivity index (χ4v) is 1.58. The summed E-state index contributed by atoms with van der Waals surface area (Å²) in [5, 5.41) is 0.516. The van der Waals surface area contributed by atoms with Gasteiger partial charge in [-0.3, -0.25) is 4.98 Å². The van der Waals surface area contributed by atoms with Gasteiger partial charge in [-0.15, -0.1) is 0 Å².